The molecular weight excluding hydrogens is 478 g/mol. The van der Waals surface area contributed by atoms with Gasteiger partial charge in [0.25, 0.3) is 11.8 Å². The molecule has 0 bridgehead atoms. The van der Waals surface area contributed by atoms with Crippen LogP contribution in [0.3, 0.4) is 0 Å². The highest BCUT2D eigenvalue weighted by Crippen LogP contribution is 2.33. The highest BCUT2D eigenvalue weighted by Gasteiger charge is 2.31. The number of benzene rings is 1. The minimum atomic E-state index is -0.331. The zero-order valence-corrected chi connectivity index (χ0v) is 21.2. The third-order valence-electron chi connectivity index (χ3n) is 6.15. The fourth-order valence-corrected chi connectivity index (χ4v) is 5.03. The summed E-state index contributed by atoms with van der Waals surface area (Å²) in [5.74, 6) is 0.281. The van der Waals surface area contributed by atoms with Crippen LogP contribution in [-0.4, -0.2) is 80.1 Å². The molecule has 36 heavy (non-hydrogen) atoms. The van der Waals surface area contributed by atoms with Crippen LogP contribution in [0.2, 0.25) is 0 Å². The quantitative estimate of drug-likeness (QED) is 0.479. The Labute approximate surface area is 213 Å². The molecule has 1 saturated heterocycles. The highest BCUT2D eigenvalue weighted by molar-refractivity contribution is 7.14. The number of carbonyl (C=O) groups is 2. The summed E-state index contributed by atoms with van der Waals surface area (Å²) in [6.07, 6.45) is 3.38. The third kappa shape index (κ3) is 5.18. The molecule has 4 heterocycles. The van der Waals surface area contributed by atoms with Crippen LogP contribution in [0.1, 0.15) is 26.4 Å². The van der Waals surface area contributed by atoms with Crippen molar-refractivity contribution in [1.82, 2.24) is 20.2 Å². The molecule has 2 aromatic heterocycles. The predicted octanol–water partition coefficient (Wildman–Crippen LogP) is 2.30. The van der Waals surface area contributed by atoms with E-state index in [1.54, 1.807) is 28.7 Å². The van der Waals surface area contributed by atoms with Crippen molar-refractivity contribution in [3.8, 4) is 5.75 Å². The van der Waals surface area contributed by atoms with Crippen LogP contribution in [0.4, 0.5) is 16.5 Å². The Kier molecular flexibility index (Phi) is 7.12. The van der Waals surface area contributed by atoms with Crippen molar-refractivity contribution >= 4 is 39.7 Å². The Bertz CT molecular complexity index is 1260. The number of rotatable bonds is 8. The van der Waals surface area contributed by atoms with E-state index in [4.69, 9.17) is 4.74 Å². The van der Waals surface area contributed by atoms with Gasteiger partial charge in [-0.1, -0.05) is 0 Å². The number of hydrogen-bond donors (Lipinski definition) is 2. The maximum Gasteiger partial charge on any atom is 0.275 e. The fourth-order valence-electron chi connectivity index (χ4n) is 4.23. The molecule has 5 rings (SSSR count). The number of fused-ring (bicyclic) bond motifs is 1. The lowest BCUT2D eigenvalue weighted by Gasteiger charge is -2.30. The number of hydrogen-bond acceptors (Lipinski definition) is 9. The zero-order valence-electron chi connectivity index (χ0n) is 20.4. The molecule has 0 aliphatic carbocycles. The van der Waals surface area contributed by atoms with E-state index in [-0.39, 0.29) is 17.5 Å². The van der Waals surface area contributed by atoms with E-state index in [2.05, 4.69) is 30.4 Å². The molecule has 0 unspecified atom stereocenters. The summed E-state index contributed by atoms with van der Waals surface area (Å²) < 4.78 is 5.81. The average Bonchev–Trinajstić information content (AvgIpc) is 3.50. The van der Waals surface area contributed by atoms with Crippen molar-refractivity contribution in [1.29, 1.82) is 0 Å². The largest absolute Gasteiger partial charge is 0.492 e. The first kappa shape index (κ1) is 24.2. The SMILES string of the molecule is CN(C)CCOc1ccc2c(c1)CN(c1nc(C(=O)Nc3cnccc3N3CCNCC3)cs1)C2=O. The molecular formula is C25H29N7O3S. The second-order valence-electron chi connectivity index (χ2n) is 8.96. The second kappa shape index (κ2) is 10.6. The highest BCUT2D eigenvalue weighted by atomic mass is 32.1. The van der Waals surface area contributed by atoms with Crippen molar-refractivity contribution in [3.63, 3.8) is 0 Å². The second-order valence-corrected chi connectivity index (χ2v) is 9.80. The molecule has 3 aromatic rings. The molecule has 2 aliphatic rings. The summed E-state index contributed by atoms with van der Waals surface area (Å²) in [6.45, 7) is 5.26. The molecule has 2 aliphatic heterocycles. The van der Waals surface area contributed by atoms with Gasteiger partial charge in [-0.3, -0.25) is 19.5 Å². The Morgan fingerprint density at radius 2 is 2.08 bits per heavy atom. The van der Waals surface area contributed by atoms with Crippen molar-refractivity contribution in [2.45, 2.75) is 6.54 Å². The molecule has 0 radical (unpaired) electrons. The number of aromatic nitrogens is 2. The van der Waals surface area contributed by atoms with Crippen LogP contribution < -0.4 is 25.2 Å². The summed E-state index contributed by atoms with van der Waals surface area (Å²) in [5.41, 5.74) is 3.36. The topological polar surface area (TPSA) is 103 Å². The average molecular weight is 508 g/mol. The van der Waals surface area contributed by atoms with Gasteiger partial charge in [-0.15, -0.1) is 11.3 Å². The number of likely N-dealkylation sites (N-methyl/N-ethyl adjacent to an activating group) is 1. The van der Waals surface area contributed by atoms with E-state index in [0.717, 1.165) is 49.7 Å². The van der Waals surface area contributed by atoms with Gasteiger partial charge in [0.1, 0.15) is 18.1 Å². The van der Waals surface area contributed by atoms with Crippen LogP contribution in [0, 0.1) is 0 Å². The first-order valence-corrected chi connectivity index (χ1v) is 12.8. The van der Waals surface area contributed by atoms with Gasteiger partial charge >= 0.3 is 0 Å². The number of nitrogens with zero attached hydrogens (tertiary/aromatic N) is 5. The van der Waals surface area contributed by atoms with Gasteiger partial charge in [-0.05, 0) is 43.9 Å². The van der Waals surface area contributed by atoms with Gasteiger partial charge in [0.15, 0.2) is 5.13 Å². The minimum absolute atomic E-state index is 0.126. The van der Waals surface area contributed by atoms with Crippen molar-refractivity contribution in [3.05, 3.63) is 58.9 Å². The van der Waals surface area contributed by atoms with E-state index < -0.39 is 0 Å². The maximum absolute atomic E-state index is 13.0. The van der Waals surface area contributed by atoms with Crippen LogP contribution in [-0.2, 0) is 6.54 Å². The lowest BCUT2D eigenvalue weighted by atomic mass is 10.1. The van der Waals surface area contributed by atoms with Gasteiger partial charge in [-0.2, -0.15) is 0 Å². The maximum atomic E-state index is 13.0. The van der Waals surface area contributed by atoms with Crippen LogP contribution >= 0.6 is 11.3 Å². The van der Waals surface area contributed by atoms with Crippen molar-refractivity contribution in [2.75, 3.05) is 68.5 Å². The van der Waals surface area contributed by atoms with Crippen molar-refractivity contribution in [2.24, 2.45) is 0 Å². The molecule has 10 nitrogen and oxygen atoms in total. The molecule has 11 heteroatoms. The van der Waals surface area contributed by atoms with E-state index >= 15 is 0 Å². The number of pyridine rings is 1. The molecule has 0 atom stereocenters. The number of thiazole rings is 1. The number of anilines is 3. The summed E-state index contributed by atoms with van der Waals surface area (Å²) in [4.78, 5) is 40.6. The summed E-state index contributed by atoms with van der Waals surface area (Å²) in [5, 5.41) is 8.45. The predicted molar refractivity (Wildman–Crippen MR) is 140 cm³/mol. The monoisotopic (exact) mass is 507 g/mol. The molecule has 0 spiro atoms. The molecule has 0 saturated carbocycles. The molecule has 1 aromatic carbocycles. The Morgan fingerprint density at radius 3 is 2.89 bits per heavy atom. The number of amides is 2. The van der Waals surface area contributed by atoms with Gasteiger partial charge in [0.05, 0.1) is 24.1 Å². The summed E-state index contributed by atoms with van der Waals surface area (Å²) in [6, 6.07) is 7.43. The summed E-state index contributed by atoms with van der Waals surface area (Å²) >= 11 is 1.28. The molecule has 1 fully saturated rings. The Balaban J connectivity index is 1.27. The van der Waals surface area contributed by atoms with Gasteiger partial charge in [0.2, 0.25) is 0 Å². The van der Waals surface area contributed by atoms with Crippen molar-refractivity contribution < 1.29 is 14.3 Å². The van der Waals surface area contributed by atoms with Crippen LogP contribution in [0.15, 0.2) is 42.0 Å². The number of ether oxygens (including phenoxy) is 1. The lowest BCUT2D eigenvalue weighted by Crippen LogP contribution is -2.43. The lowest BCUT2D eigenvalue weighted by molar-refractivity contribution is 0.0991. The van der Waals surface area contributed by atoms with E-state index in [1.165, 1.54) is 11.3 Å². The van der Waals surface area contributed by atoms with E-state index in [0.29, 0.717) is 29.5 Å². The number of carbonyl (C=O) groups excluding carboxylic acids is 2. The van der Waals surface area contributed by atoms with E-state index in [1.807, 2.05) is 32.3 Å². The standard InChI is InChI=1S/C25H29N7O3S/c1-30(2)11-12-35-18-3-4-19-17(13-18)15-32(24(19)34)25-29-21(16-36-25)23(33)28-20-14-27-6-5-22(20)31-9-7-26-8-10-31/h3-6,13-14,16,26H,7-12,15H2,1-2H3,(H,28,33). The Morgan fingerprint density at radius 1 is 1.25 bits per heavy atom. The number of nitrogens with one attached hydrogen (secondary N) is 2. The molecule has 2 N–H and O–H groups in total. The third-order valence-corrected chi connectivity index (χ3v) is 7.01. The van der Waals surface area contributed by atoms with Gasteiger partial charge in [-0.25, -0.2) is 4.98 Å². The fraction of sp³-hybridized carbons (Fsp3) is 0.360. The molecule has 2 amide bonds. The summed E-state index contributed by atoms with van der Waals surface area (Å²) in [7, 11) is 3.99. The van der Waals surface area contributed by atoms with Gasteiger partial charge in [0, 0.05) is 49.9 Å². The minimum Gasteiger partial charge on any atom is -0.492 e. The van der Waals surface area contributed by atoms with Crippen LogP contribution in [0.5, 0.6) is 5.75 Å². The zero-order chi connectivity index (χ0) is 25.1. The Hall–Kier alpha value is -3.54. The smallest absolute Gasteiger partial charge is 0.275 e. The van der Waals surface area contributed by atoms with Crippen LogP contribution in [0.25, 0.3) is 0 Å². The normalized spacial score (nSPS) is 15.4. The first-order chi connectivity index (χ1) is 17.5. The van der Waals surface area contributed by atoms with Gasteiger partial charge < -0.3 is 25.2 Å². The molecule has 188 valence electrons. The first-order valence-electron chi connectivity index (χ1n) is 11.9. The number of piperazine rings is 1. The van der Waals surface area contributed by atoms with E-state index in [9.17, 15) is 9.59 Å².